The van der Waals surface area contributed by atoms with Crippen LogP contribution in [-0.4, -0.2) is 11.9 Å². The van der Waals surface area contributed by atoms with Crippen molar-refractivity contribution in [1.82, 2.24) is 0 Å². The normalized spacial score (nSPS) is 11.5. The number of hydrogen-bond donors (Lipinski definition) is 0. The number of alkyl halides is 1. The van der Waals surface area contributed by atoms with Crippen LogP contribution in [0.4, 0.5) is 4.39 Å². The first-order valence-electron chi connectivity index (χ1n) is 6.83. The standard InChI is InChI=1S/C18H18BrFO/c1-13-5-3-4-6-16(13)18(12-21-10-9-19)17-8-7-15(20)11-14(17)2/h3-8,11-12H,9-10H2,1-2H3/b18-12+. The van der Waals surface area contributed by atoms with Crippen molar-refractivity contribution in [2.45, 2.75) is 13.8 Å². The molecule has 1 nitrogen and oxygen atoms in total. The van der Waals surface area contributed by atoms with Gasteiger partial charge in [-0.05, 0) is 48.2 Å². The lowest BCUT2D eigenvalue weighted by molar-refractivity contribution is 0.275. The summed E-state index contributed by atoms with van der Waals surface area (Å²) in [6.45, 7) is 4.57. The van der Waals surface area contributed by atoms with Crippen molar-refractivity contribution in [3.63, 3.8) is 0 Å². The first-order valence-corrected chi connectivity index (χ1v) is 7.96. The van der Waals surface area contributed by atoms with Crippen molar-refractivity contribution in [2.75, 3.05) is 11.9 Å². The van der Waals surface area contributed by atoms with Crippen molar-refractivity contribution in [2.24, 2.45) is 0 Å². The first kappa shape index (κ1) is 15.8. The van der Waals surface area contributed by atoms with Gasteiger partial charge in [0.15, 0.2) is 0 Å². The second kappa shape index (κ2) is 7.41. The Bertz CT molecular complexity index is 649. The zero-order valence-corrected chi connectivity index (χ0v) is 13.8. The third-order valence-electron chi connectivity index (χ3n) is 3.31. The van der Waals surface area contributed by atoms with Crippen LogP contribution in [0.3, 0.4) is 0 Å². The van der Waals surface area contributed by atoms with E-state index in [0.29, 0.717) is 6.61 Å². The lowest BCUT2D eigenvalue weighted by Gasteiger charge is -2.14. The molecule has 0 bridgehead atoms. The fraction of sp³-hybridized carbons (Fsp3) is 0.222. The van der Waals surface area contributed by atoms with Crippen LogP contribution in [0.1, 0.15) is 22.3 Å². The van der Waals surface area contributed by atoms with E-state index in [-0.39, 0.29) is 5.82 Å². The minimum atomic E-state index is -0.221. The molecule has 0 amide bonds. The van der Waals surface area contributed by atoms with Gasteiger partial charge in [0.05, 0.1) is 12.9 Å². The maximum Gasteiger partial charge on any atom is 0.123 e. The molecule has 0 aliphatic carbocycles. The van der Waals surface area contributed by atoms with E-state index in [2.05, 4.69) is 35.0 Å². The third kappa shape index (κ3) is 3.94. The Hall–Kier alpha value is -1.61. The van der Waals surface area contributed by atoms with Gasteiger partial charge in [-0.25, -0.2) is 4.39 Å². The van der Waals surface area contributed by atoms with Gasteiger partial charge in [0.1, 0.15) is 5.82 Å². The molecule has 2 aromatic rings. The highest BCUT2D eigenvalue weighted by molar-refractivity contribution is 9.09. The molecule has 2 aromatic carbocycles. The molecule has 0 saturated carbocycles. The summed E-state index contributed by atoms with van der Waals surface area (Å²) < 4.78 is 18.9. The molecule has 0 N–H and O–H groups in total. The van der Waals surface area contributed by atoms with Crippen LogP contribution in [0.15, 0.2) is 48.7 Å². The fourth-order valence-electron chi connectivity index (χ4n) is 2.26. The summed E-state index contributed by atoms with van der Waals surface area (Å²) in [6.07, 6.45) is 1.77. The Morgan fingerprint density at radius 3 is 2.48 bits per heavy atom. The lowest BCUT2D eigenvalue weighted by Crippen LogP contribution is -1.97. The molecule has 0 fully saturated rings. The zero-order chi connectivity index (χ0) is 15.2. The Labute approximate surface area is 133 Å². The maximum absolute atomic E-state index is 13.3. The molecule has 21 heavy (non-hydrogen) atoms. The van der Waals surface area contributed by atoms with E-state index in [1.807, 2.05) is 19.1 Å². The van der Waals surface area contributed by atoms with E-state index in [0.717, 1.165) is 33.2 Å². The van der Waals surface area contributed by atoms with Crippen LogP contribution >= 0.6 is 15.9 Å². The van der Waals surface area contributed by atoms with Gasteiger partial charge in [-0.1, -0.05) is 46.3 Å². The molecular weight excluding hydrogens is 331 g/mol. The molecule has 110 valence electrons. The highest BCUT2D eigenvalue weighted by Crippen LogP contribution is 2.29. The first-order chi connectivity index (χ1) is 10.1. The lowest BCUT2D eigenvalue weighted by atomic mass is 9.92. The molecule has 0 heterocycles. The van der Waals surface area contributed by atoms with Crippen LogP contribution in [0.2, 0.25) is 0 Å². The largest absolute Gasteiger partial charge is 0.500 e. The van der Waals surface area contributed by atoms with Crippen LogP contribution in [0.25, 0.3) is 5.57 Å². The van der Waals surface area contributed by atoms with Gasteiger partial charge in [0.2, 0.25) is 0 Å². The van der Waals surface area contributed by atoms with E-state index in [4.69, 9.17) is 4.74 Å². The van der Waals surface area contributed by atoms with Crippen molar-refractivity contribution in [1.29, 1.82) is 0 Å². The molecular formula is C18H18BrFO. The fourth-order valence-corrected chi connectivity index (χ4v) is 2.45. The average molecular weight is 349 g/mol. The zero-order valence-electron chi connectivity index (χ0n) is 12.2. The summed E-state index contributed by atoms with van der Waals surface area (Å²) in [5, 5.41) is 0.771. The molecule has 2 rings (SSSR count). The minimum Gasteiger partial charge on any atom is -0.500 e. The molecule has 0 atom stereocenters. The topological polar surface area (TPSA) is 9.23 Å². The van der Waals surface area contributed by atoms with E-state index in [1.54, 1.807) is 18.4 Å². The third-order valence-corrected chi connectivity index (χ3v) is 3.63. The van der Waals surface area contributed by atoms with E-state index >= 15 is 0 Å². The molecule has 0 radical (unpaired) electrons. The van der Waals surface area contributed by atoms with Gasteiger partial charge in [-0.3, -0.25) is 0 Å². The monoisotopic (exact) mass is 348 g/mol. The van der Waals surface area contributed by atoms with Crippen molar-refractivity contribution < 1.29 is 9.13 Å². The smallest absolute Gasteiger partial charge is 0.123 e. The highest BCUT2D eigenvalue weighted by atomic mass is 79.9. The van der Waals surface area contributed by atoms with Gasteiger partial charge in [0, 0.05) is 10.9 Å². The predicted molar refractivity (Wildman–Crippen MR) is 89.1 cm³/mol. The number of halogens is 2. The summed E-state index contributed by atoms with van der Waals surface area (Å²) in [5.74, 6) is -0.221. The predicted octanol–water partition coefficient (Wildman–Crippen LogP) is 5.24. The Morgan fingerprint density at radius 2 is 1.81 bits per heavy atom. The SMILES string of the molecule is Cc1ccccc1/C(=C\OCCBr)c1ccc(F)cc1C. The number of rotatable bonds is 5. The quantitative estimate of drug-likeness (QED) is 0.407. The van der Waals surface area contributed by atoms with Gasteiger partial charge >= 0.3 is 0 Å². The molecule has 0 unspecified atom stereocenters. The van der Waals surface area contributed by atoms with Crippen LogP contribution in [0.5, 0.6) is 0 Å². The van der Waals surface area contributed by atoms with Gasteiger partial charge < -0.3 is 4.74 Å². The van der Waals surface area contributed by atoms with Gasteiger partial charge in [0.25, 0.3) is 0 Å². The summed E-state index contributed by atoms with van der Waals surface area (Å²) in [5.41, 5.74) is 5.12. The van der Waals surface area contributed by atoms with Crippen LogP contribution < -0.4 is 0 Å². The minimum absolute atomic E-state index is 0.221. The summed E-state index contributed by atoms with van der Waals surface area (Å²) in [6, 6.07) is 13.0. The number of benzene rings is 2. The van der Waals surface area contributed by atoms with E-state index in [9.17, 15) is 4.39 Å². The van der Waals surface area contributed by atoms with Crippen molar-refractivity contribution in [3.8, 4) is 0 Å². The summed E-state index contributed by atoms with van der Waals surface area (Å²) >= 11 is 3.35. The second-order valence-electron chi connectivity index (χ2n) is 4.87. The number of ether oxygens (including phenoxy) is 1. The summed E-state index contributed by atoms with van der Waals surface area (Å²) in [4.78, 5) is 0. The van der Waals surface area contributed by atoms with Gasteiger partial charge in [-0.2, -0.15) is 0 Å². The number of aryl methyl sites for hydroxylation is 2. The molecule has 0 aliphatic rings. The number of hydrogen-bond acceptors (Lipinski definition) is 1. The van der Waals surface area contributed by atoms with E-state index in [1.165, 1.54) is 6.07 Å². The molecule has 0 spiro atoms. The summed E-state index contributed by atoms with van der Waals surface area (Å²) in [7, 11) is 0. The van der Waals surface area contributed by atoms with Crippen LogP contribution in [-0.2, 0) is 4.74 Å². The Kier molecular flexibility index (Phi) is 5.57. The van der Waals surface area contributed by atoms with Crippen molar-refractivity contribution in [3.05, 3.63) is 76.8 Å². The maximum atomic E-state index is 13.3. The molecule has 0 aliphatic heterocycles. The van der Waals surface area contributed by atoms with E-state index < -0.39 is 0 Å². The Morgan fingerprint density at radius 1 is 1.10 bits per heavy atom. The highest BCUT2D eigenvalue weighted by Gasteiger charge is 2.11. The average Bonchev–Trinajstić information content (AvgIpc) is 2.46. The molecule has 0 saturated heterocycles. The van der Waals surface area contributed by atoms with Crippen LogP contribution in [0, 0.1) is 19.7 Å². The van der Waals surface area contributed by atoms with Gasteiger partial charge in [-0.15, -0.1) is 0 Å². The molecule has 3 heteroatoms. The second-order valence-corrected chi connectivity index (χ2v) is 5.66. The Balaban J connectivity index is 2.51. The molecule has 0 aromatic heterocycles. The van der Waals surface area contributed by atoms with Crippen molar-refractivity contribution >= 4 is 21.5 Å².